The van der Waals surface area contributed by atoms with Gasteiger partial charge in [0.15, 0.2) is 0 Å². The summed E-state index contributed by atoms with van der Waals surface area (Å²) < 4.78 is 0.875. The topological polar surface area (TPSA) is 46.3 Å². The third-order valence-electron chi connectivity index (χ3n) is 3.84. The SMILES string of the molecule is Cc1ccc(C(=O)N2CCCC(C(C)N)C2)c(Br)c1. The maximum atomic E-state index is 12.6. The summed E-state index contributed by atoms with van der Waals surface area (Å²) in [7, 11) is 0. The van der Waals surface area contributed by atoms with E-state index in [2.05, 4.69) is 15.9 Å². The fourth-order valence-electron chi connectivity index (χ4n) is 2.59. The second-order valence-corrected chi connectivity index (χ2v) is 6.35. The number of amides is 1. The molecular formula is C15H21BrN2O. The largest absolute Gasteiger partial charge is 0.338 e. The van der Waals surface area contributed by atoms with Gasteiger partial charge in [-0.25, -0.2) is 0 Å². The van der Waals surface area contributed by atoms with E-state index in [0.717, 1.165) is 41.5 Å². The van der Waals surface area contributed by atoms with Crippen molar-refractivity contribution in [2.45, 2.75) is 32.7 Å². The first-order chi connectivity index (χ1) is 8.99. The number of hydrogen-bond acceptors (Lipinski definition) is 2. The minimum atomic E-state index is 0.109. The molecule has 0 bridgehead atoms. The molecule has 104 valence electrons. The molecule has 2 N–H and O–H groups in total. The Labute approximate surface area is 123 Å². The van der Waals surface area contributed by atoms with Gasteiger partial charge in [-0.1, -0.05) is 6.07 Å². The predicted octanol–water partition coefficient (Wildman–Crippen LogP) is 2.96. The van der Waals surface area contributed by atoms with E-state index in [4.69, 9.17) is 5.73 Å². The highest BCUT2D eigenvalue weighted by Gasteiger charge is 2.27. The van der Waals surface area contributed by atoms with Crippen LogP contribution in [0.5, 0.6) is 0 Å². The first-order valence-electron chi connectivity index (χ1n) is 6.80. The summed E-state index contributed by atoms with van der Waals surface area (Å²) in [5, 5.41) is 0. The zero-order valence-corrected chi connectivity index (χ0v) is 13.1. The lowest BCUT2D eigenvalue weighted by molar-refractivity contribution is 0.0660. The highest BCUT2D eigenvalue weighted by molar-refractivity contribution is 9.10. The molecule has 0 radical (unpaired) electrons. The van der Waals surface area contributed by atoms with Crippen molar-refractivity contribution >= 4 is 21.8 Å². The van der Waals surface area contributed by atoms with Gasteiger partial charge in [0.1, 0.15) is 0 Å². The summed E-state index contributed by atoms with van der Waals surface area (Å²) in [6.07, 6.45) is 2.16. The van der Waals surface area contributed by atoms with Gasteiger partial charge in [0.05, 0.1) is 5.56 Å². The molecule has 2 rings (SSSR count). The molecule has 0 spiro atoms. The van der Waals surface area contributed by atoms with Gasteiger partial charge in [0.2, 0.25) is 0 Å². The molecule has 4 heteroatoms. The third-order valence-corrected chi connectivity index (χ3v) is 4.50. The molecule has 0 aliphatic carbocycles. The van der Waals surface area contributed by atoms with Gasteiger partial charge < -0.3 is 10.6 Å². The smallest absolute Gasteiger partial charge is 0.255 e. The number of piperidine rings is 1. The number of nitrogens with zero attached hydrogens (tertiary/aromatic N) is 1. The monoisotopic (exact) mass is 324 g/mol. The highest BCUT2D eigenvalue weighted by Crippen LogP contribution is 2.24. The van der Waals surface area contributed by atoms with Crippen molar-refractivity contribution in [2.75, 3.05) is 13.1 Å². The average molecular weight is 325 g/mol. The van der Waals surface area contributed by atoms with Crippen LogP contribution in [0.1, 0.15) is 35.7 Å². The predicted molar refractivity (Wildman–Crippen MR) is 81.2 cm³/mol. The van der Waals surface area contributed by atoms with Gasteiger partial charge >= 0.3 is 0 Å². The van der Waals surface area contributed by atoms with Gasteiger partial charge in [0.25, 0.3) is 5.91 Å². The molecule has 0 aromatic heterocycles. The molecule has 1 aromatic carbocycles. The van der Waals surface area contributed by atoms with Crippen LogP contribution in [0.2, 0.25) is 0 Å². The molecule has 0 saturated carbocycles. The number of rotatable bonds is 2. The first kappa shape index (κ1) is 14.5. The second kappa shape index (κ2) is 6.06. The fraction of sp³-hybridized carbons (Fsp3) is 0.533. The number of aryl methyl sites for hydroxylation is 1. The Hall–Kier alpha value is -0.870. The van der Waals surface area contributed by atoms with E-state index < -0.39 is 0 Å². The number of benzene rings is 1. The number of carbonyl (C=O) groups excluding carboxylic acids is 1. The van der Waals surface area contributed by atoms with Crippen molar-refractivity contribution in [2.24, 2.45) is 11.7 Å². The van der Waals surface area contributed by atoms with E-state index in [1.807, 2.05) is 36.9 Å². The minimum Gasteiger partial charge on any atom is -0.338 e. The lowest BCUT2D eigenvalue weighted by Gasteiger charge is -2.34. The van der Waals surface area contributed by atoms with Crippen LogP contribution in [0.15, 0.2) is 22.7 Å². The number of nitrogens with two attached hydrogens (primary N) is 1. The molecule has 1 aromatic rings. The normalized spacial score (nSPS) is 21.3. The molecule has 1 aliphatic heterocycles. The van der Waals surface area contributed by atoms with Crippen molar-refractivity contribution in [1.82, 2.24) is 4.90 Å². The molecule has 3 nitrogen and oxygen atoms in total. The third kappa shape index (κ3) is 3.37. The van der Waals surface area contributed by atoms with Gasteiger partial charge in [-0.3, -0.25) is 4.79 Å². The van der Waals surface area contributed by atoms with Crippen LogP contribution >= 0.6 is 15.9 Å². The standard InChI is InChI=1S/C15H21BrN2O/c1-10-5-6-13(14(16)8-10)15(19)18-7-3-4-12(9-18)11(2)17/h5-6,8,11-12H,3-4,7,9,17H2,1-2H3. The number of hydrogen-bond donors (Lipinski definition) is 1. The summed E-state index contributed by atoms with van der Waals surface area (Å²) in [5.41, 5.74) is 7.87. The fourth-order valence-corrected chi connectivity index (χ4v) is 3.25. The van der Waals surface area contributed by atoms with Crippen LogP contribution in [-0.4, -0.2) is 29.9 Å². The van der Waals surface area contributed by atoms with Gasteiger partial charge in [-0.2, -0.15) is 0 Å². The average Bonchev–Trinajstić information content (AvgIpc) is 2.38. The van der Waals surface area contributed by atoms with E-state index in [9.17, 15) is 4.79 Å². The van der Waals surface area contributed by atoms with E-state index >= 15 is 0 Å². The van der Waals surface area contributed by atoms with Crippen molar-refractivity contribution in [1.29, 1.82) is 0 Å². The van der Waals surface area contributed by atoms with Crippen molar-refractivity contribution < 1.29 is 4.79 Å². The van der Waals surface area contributed by atoms with Crippen LogP contribution in [0.25, 0.3) is 0 Å². The van der Waals surface area contributed by atoms with E-state index in [1.165, 1.54) is 0 Å². The van der Waals surface area contributed by atoms with Crippen LogP contribution < -0.4 is 5.73 Å². The molecule has 1 saturated heterocycles. The minimum absolute atomic E-state index is 0.109. The molecule has 1 amide bonds. The van der Waals surface area contributed by atoms with Crippen molar-refractivity contribution in [3.8, 4) is 0 Å². The quantitative estimate of drug-likeness (QED) is 0.909. The van der Waals surface area contributed by atoms with Gasteiger partial charge in [0, 0.05) is 23.6 Å². The van der Waals surface area contributed by atoms with Crippen molar-refractivity contribution in [3.63, 3.8) is 0 Å². The summed E-state index contributed by atoms with van der Waals surface area (Å²) >= 11 is 3.49. The van der Waals surface area contributed by atoms with Gasteiger partial charge in [-0.05, 0) is 66.2 Å². The lowest BCUT2D eigenvalue weighted by atomic mass is 9.92. The first-order valence-corrected chi connectivity index (χ1v) is 7.59. The van der Waals surface area contributed by atoms with E-state index in [-0.39, 0.29) is 11.9 Å². The van der Waals surface area contributed by atoms with E-state index in [1.54, 1.807) is 0 Å². The maximum Gasteiger partial charge on any atom is 0.255 e. The Kier molecular flexibility index (Phi) is 4.63. The Morgan fingerprint density at radius 3 is 2.89 bits per heavy atom. The number of halogens is 1. The van der Waals surface area contributed by atoms with Crippen LogP contribution in [0.4, 0.5) is 0 Å². The summed E-state index contributed by atoms with van der Waals surface area (Å²) in [6.45, 7) is 5.66. The molecule has 2 unspecified atom stereocenters. The highest BCUT2D eigenvalue weighted by atomic mass is 79.9. The van der Waals surface area contributed by atoms with Crippen LogP contribution in [-0.2, 0) is 0 Å². The van der Waals surface area contributed by atoms with Gasteiger partial charge in [-0.15, -0.1) is 0 Å². The Balaban J connectivity index is 2.15. The summed E-state index contributed by atoms with van der Waals surface area (Å²) in [5.74, 6) is 0.527. The molecule has 19 heavy (non-hydrogen) atoms. The van der Waals surface area contributed by atoms with Crippen LogP contribution in [0, 0.1) is 12.8 Å². The Morgan fingerprint density at radius 1 is 1.53 bits per heavy atom. The molecular weight excluding hydrogens is 304 g/mol. The zero-order valence-electron chi connectivity index (χ0n) is 11.5. The Bertz CT molecular complexity index is 473. The lowest BCUT2D eigenvalue weighted by Crippen LogP contribution is -2.45. The van der Waals surface area contributed by atoms with Crippen molar-refractivity contribution in [3.05, 3.63) is 33.8 Å². The maximum absolute atomic E-state index is 12.6. The molecule has 2 atom stereocenters. The molecule has 1 fully saturated rings. The Morgan fingerprint density at radius 2 is 2.26 bits per heavy atom. The van der Waals surface area contributed by atoms with Crippen LogP contribution in [0.3, 0.4) is 0 Å². The molecule has 1 heterocycles. The zero-order chi connectivity index (χ0) is 14.0. The number of likely N-dealkylation sites (tertiary alicyclic amines) is 1. The van der Waals surface area contributed by atoms with E-state index in [0.29, 0.717) is 5.92 Å². The summed E-state index contributed by atoms with van der Waals surface area (Å²) in [6, 6.07) is 6.01. The number of carbonyl (C=O) groups is 1. The summed E-state index contributed by atoms with van der Waals surface area (Å²) in [4.78, 5) is 14.5. The molecule has 1 aliphatic rings. The second-order valence-electron chi connectivity index (χ2n) is 5.50.